The van der Waals surface area contributed by atoms with Gasteiger partial charge in [0.05, 0.1) is 19.3 Å². The van der Waals surface area contributed by atoms with Crippen LogP contribution in [-0.2, 0) is 11.3 Å². The Balaban J connectivity index is 1.95. The highest BCUT2D eigenvalue weighted by atomic mass is 19.1. The molecule has 0 N–H and O–H groups in total. The standard InChI is InChI=1S/C16H15FO3/c1-19-13-7-8-15(17)14(9-13)16(18)11-20-10-12-5-3-2-4-6-12/h2-9H,10-11H2,1H3. The zero-order valence-corrected chi connectivity index (χ0v) is 11.1. The number of methoxy groups -OCH3 is 1. The maximum Gasteiger partial charge on any atom is 0.191 e. The monoisotopic (exact) mass is 274 g/mol. The first kappa shape index (κ1) is 14.2. The number of hydrogen-bond donors (Lipinski definition) is 0. The largest absolute Gasteiger partial charge is 0.497 e. The molecule has 3 nitrogen and oxygen atoms in total. The molecule has 0 heterocycles. The van der Waals surface area contributed by atoms with Crippen molar-refractivity contribution >= 4 is 5.78 Å². The normalized spacial score (nSPS) is 10.3. The fraction of sp³-hybridized carbons (Fsp3) is 0.188. The van der Waals surface area contributed by atoms with Crippen LogP contribution >= 0.6 is 0 Å². The molecule has 0 saturated heterocycles. The lowest BCUT2D eigenvalue weighted by Gasteiger charge is -2.06. The quantitative estimate of drug-likeness (QED) is 0.759. The van der Waals surface area contributed by atoms with Gasteiger partial charge in [-0.2, -0.15) is 0 Å². The van der Waals surface area contributed by atoms with Crippen molar-refractivity contribution in [2.75, 3.05) is 13.7 Å². The fourth-order valence-electron chi connectivity index (χ4n) is 1.76. The number of carbonyl (C=O) groups is 1. The van der Waals surface area contributed by atoms with E-state index in [1.54, 1.807) is 0 Å². The molecule has 2 aromatic carbocycles. The average molecular weight is 274 g/mol. The third kappa shape index (κ3) is 3.65. The van der Waals surface area contributed by atoms with E-state index in [2.05, 4.69) is 0 Å². The molecule has 0 spiro atoms. The van der Waals surface area contributed by atoms with Gasteiger partial charge in [-0.1, -0.05) is 30.3 Å². The van der Waals surface area contributed by atoms with Gasteiger partial charge in [-0.25, -0.2) is 4.39 Å². The Bertz CT molecular complexity index is 582. The Labute approximate surface area is 117 Å². The first-order valence-corrected chi connectivity index (χ1v) is 6.19. The highest BCUT2D eigenvalue weighted by Gasteiger charge is 2.13. The lowest BCUT2D eigenvalue weighted by Crippen LogP contribution is -2.11. The second kappa shape index (κ2) is 6.82. The number of carbonyl (C=O) groups excluding carboxylic acids is 1. The SMILES string of the molecule is COc1ccc(F)c(C(=O)COCc2ccccc2)c1. The Morgan fingerprint density at radius 1 is 1.15 bits per heavy atom. The first-order valence-electron chi connectivity index (χ1n) is 6.19. The third-order valence-corrected chi connectivity index (χ3v) is 2.82. The molecule has 0 atom stereocenters. The molecule has 2 aromatic rings. The summed E-state index contributed by atoms with van der Waals surface area (Å²) in [7, 11) is 1.47. The topological polar surface area (TPSA) is 35.5 Å². The fourth-order valence-corrected chi connectivity index (χ4v) is 1.76. The van der Waals surface area contributed by atoms with Crippen LogP contribution in [0.2, 0.25) is 0 Å². The van der Waals surface area contributed by atoms with Crippen LogP contribution in [0.4, 0.5) is 4.39 Å². The van der Waals surface area contributed by atoms with E-state index < -0.39 is 11.6 Å². The Kier molecular flexibility index (Phi) is 4.85. The molecular formula is C16H15FO3. The van der Waals surface area contributed by atoms with Crippen molar-refractivity contribution in [2.45, 2.75) is 6.61 Å². The van der Waals surface area contributed by atoms with Crippen LogP contribution in [0, 0.1) is 5.82 Å². The summed E-state index contributed by atoms with van der Waals surface area (Å²) >= 11 is 0. The van der Waals surface area contributed by atoms with Crippen molar-refractivity contribution in [3.8, 4) is 5.75 Å². The second-order valence-corrected chi connectivity index (χ2v) is 4.25. The predicted octanol–water partition coefficient (Wildman–Crippen LogP) is 3.23. The predicted molar refractivity (Wildman–Crippen MR) is 73.4 cm³/mol. The minimum absolute atomic E-state index is 0.0163. The van der Waals surface area contributed by atoms with E-state index in [0.717, 1.165) is 5.56 Å². The van der Waals surface area contributed by atoms with Crippen molar-refractivity contribution in [2.24, 2.45) is 0 Å². The van der Waals surface area contributed by atoms with Crippen LogP contribution in [-0.4, -0.2) is 19.5 Å². The van der Waals surface area contributed by atoms with E-state index >= 15 is 0 Å². The maximum atomic E-state index is 13.6. The summed E-state index contributed by atoms with van der Waals surface area (Å²) in [6.07, 6.45) is 0. The first-order chi connectivity index (χ1) is 9.70. The van der Waals surface area contributed by atoms with Gasteiger partial charge in [0.25, 0.3) is 0 Å². The molecule has 0 aromatic heterocycles. The Morgan fingerprint density at radius 2 is 1.90 bits per heavy atom. The van der Waals surface area contributed by atoms with Gasteiger partial charge in [0.2, 0.25) is 0 Å². The molecule has 104 valence electrons. The summed E-state index contributed by atoms with van der Waals surface area (Å²) in [5, 5.41) is 0. The van der Waals surface area contributed by atoms with Crippen molar-refractivity contribution in [1.82, 2.24) is 0 Å². The van der Waals surface area contributed by atoms with E-state index in [1.165, 1.54) is 25.3 Å². The lowest BCUT2D eigenvalue weighted by atomic mass is 10.1. The average Bonchev–Trinajstić information content (AvgIpc) is 2.48. The molecule has 0 aliphatic heterocycles. The zero-order chi connectivity index (χ0) is 14.4. The summed E-state index contributed by atoms with van der Waals surface area (Å²) in [5.74, 6) is -0.533. The van der Waals surface area contributed by atoms with Crippen LogP contribution in [0.1, 0.15) is 15.9 Å². The van der Waals surface area contributed by atoms with Crippen LogP contribution in [0.3, 0.4) is 0 Å². The molecule has 0 amide bonds. The van der Waals surface area contributed by atoms with Crippen molar-refractivity contribution in [3.63, 3.8) is 0 Å². The summed E-state index contributed by atoms with van der Waals surface area (Å²) in [6, 6.07) is 13.5. The van der Waals surface area contributed by atoms with E-state index in [9.17, 15) is 9.18 Å². The third-order valence-electron chi connectivity index (χ3n) is 2.82. The van der Waals surface area contributed by atoms with E-state index in [4.69, 9.17) is 9.47 Å². The van der Waals surface area contributed by atoms with Crippen LogP contribution in [0.15, 0.2) is 48.5 Å². The molecule has 0 saturated carbocycles. The second-order valence-electron chi connectivity index (χ2n) is 4.25. The van der Waals surface area contributed by atoms with Crippen molar-refractivity contribution in [1.29, 1.82) is 0 Å². The van der Waals surface area contributed by atoms with E-state index in [0.29, 0.717) is 12.4 Å². The van der Waals surface area contributed by atoms with E-state index in [-0.39, 0.29) is 12.2 Å². The summed E-state index contributed by atoms with van der Waals surface area (Å²) < 4.78 is 23.9. The molecule has 2 rings (SSSR count). The molecule has 4 heteroatoms. The molecule has 0 aliphatic rings. The van der Waals surface area contributed by atoms with Gasteiger partial charge in [0.15, 0.2) is 5.78 Å². The molecule has 0 unspecified atom stereocenters. The van der Waals surface area contributed by atoms with Gasteiger partial charge in [-0.15, -0.1) is 0 Å². The number of rotatable bonds is 6. The molecule has 0 fully saturated rings. The van der Waals surface area contributed by atoms with E-state index in [1.807, 2.05) is 30.3 Å². The van der Waals surface area contributed by atoms with Gasteiger partial charge in [0, 0.05) is 0 Å². The van der Waals surface area contributed by atoms with Crippen molar-refractivity contribution in [3.05, 3.63) is 65.5 Å². The minimum Gasteiger partial charge on any atom is -0.497 e. The molecule has 0 aliphatic carbocycles. The zero-order valence-electron chi connectivity index (χ0n) is 11.1. The number of hydrogen-bond acceptors (Lipinski definition) is 3. The van der Waals surface area contributed by atoms with Gasteiger partial charge in [-0.3, -0.25) is 4.79 Å². The van der Waals surface area contributed by atoms with Gasteiger partial charge in [-0.05, 0) is 23.8 Å². The van der Waals surface area contributed by atoms with Gasteiger partial charge in [0.1, 0.15) is 18.2 Å². The summed E-state index contributed by atoms with van der Waals surface area (Å²) in [5.41, 5.74) is 0.948. The van der Waals surface area contributed by atoms with Crippen molar-refractivity contribution < 1.29 is 18.7 Å². The number of Topliss-reactive ketones (excluding diaryl/α,β-unsaturated/α-hetero) is 1. The van der Waals surface area contributed by atoms with Crippen LogP contribution in [0.25, 0.3) is 0 Å². The highest BCUT2D eigenvalue weighted by Crippen LogP contribution is 2.17. The smallest absolute Gasteiger partial charge is 0.191 e. The number of ether oxygens (including phenoxy) is 2. The van der Waals surface area contributed by atoms with Gasteiger partial charge < -0.3 is 9.47 Å². The number of ketones is 1. The Morgan fingerprint density at radius 3 is 2.60 bits per heavy atom. The molecule has 0 radical (unpaired) electrons. The summed E-state index contributed by atoms with van der Waals surface area (Å²) in [6.45, 7) is 0.150. The van der Waals surface area contributed by atoms with Gasteiger partial charge >= 0.3 is 0 Å². The number of benzene rings is 2. The summed E-state index contributed by atoms with van der Waals surface area (Å²) in [4.78, 5) is 11.9. The lowest BCUT2D eigenvalue weighted by molar-refractivity contribution is 0.0722. The molecular weight excluding hydrogens is 259 g/mol. The maximum absolute atomic E-state index is 13.6. The highest BCUT2D eigenvalue weighted by molar-refractivity contribution is 5.97. The molecule has 0 bridgehead atoms. The molecule has 20 heavy (non-hydrogen) atoms. The minimum atomic E-state index is -0.570. The number of halogens is 1. The Hall–Kier alpha value is -2.20. The van der Waals surface area contributed by atoms with Crippen LogP contribution < -0.4 is 4.74 Å². The van der Waals surface area contributed by atoms with Crippen LogP contribution in [0.5, 0.6) is 5.75 Å².